The van der Waals surface area contributed by atoms with Crippen LogP contribution in [0, 0.1) is 17.6 Å². The molecular formula is C38H41F19N2O6Si. The first-order valence-corrected chi connectivity index (χ1v) is 21.2. The third-order valence-corrected chi connectivity index (χ3v) is 16.0. The Kier molecular flexibility index (Phi) is 18.2. The summed E-state index contributed by atoms with van der Waals surface area (Å²) in [6, 6.07) is 6.18. The molecule has 2 aromatic carbocycles. The van der Waals surface area contributed by atoms with Crippen molar-refractivity contribution in [3.8, 4) is 5.75 Å². The molecule has 2 rings (SSSR count). The first-order chi connectivity index (χ1) is 29.8. The zero-order valence-corrected chi connectivity index (χ0v) is 35.7. The Morgan fingerprint density at radius 2 is 1.20 bits per heavy atom. The van der Waals surface area contributed by atoms with Crippen molar-refractivity contribution in [3.63, 3.8) is 0 Å². The Hall–Kier alpha value is -4.47. The number of carbonyl (C=O) groups excluding carboxylic acids is 2. The van der Waals surface area contributed by atoms with Gasteiger partial charge in [0.05, 0.1) is 12.3 Å². The van der Waals surface area contributed by atoms with Gasteiger partial charge in [0.15, 0.2) is 8.32 Å². The SMILES string of the molecule is CC(C)[Si](CCC(F)(F)C(F)(F)C(F)(F)C(F)(F)C(F)(F)C(F)(F)C(F)(F)C(F)(F)F)(OCCOc1ccc([C@@H](OC(=O)Nc2ccc(F)cc2F)[C@@H](C)C/C=C/C(=O)NO)cc1)C(C)C. The molecule has 0 spiro atoms. The third-order valence-electron chi connectivity index (χ3n) is 10.3. The third kappa shape index (κ3) is 11.6. The topological polar surface area (TPSA) is 106 Å². The van der Waals surface area contributed by atoms with Crippen molar-refractivity contribution < 1.29 is 112 Å². The number of halogens is 19. The highest BCUT2D eigenvalue weighted by molar-refractivity contribution is 6.76. The molecule has 0 saturated carbocycles. The van der Waals surface area contributed by atoms with E-state index in [1.165, 1.54) is 63.5 Å². The van der Waals surface area contributed by atoms with Crippen LogP contribution in [0.25, 0.3) is 0 Å². The maximum absolute atomic E-state index is 15.0. The maximum atomic E-state index is 15.0. The smallest absolute Gasteiger partial charge is 0.460 e. The molecule has 2 amide bonds. The molecule has 0 bridgehead atoms. The van der Waals surface area contributed by atoms with Gasteiger partial charge in [-0.05, 0) is 53.4 Å². The largest absolute Gasteiger partial charge is 0.491 e. The van der Waals surface area contributed by atoms with Crippen molar-refractivity contribution in [1.82, 2.24) is 5.48 Å². The number of nitrogens with one attached hydrogen (secondary N) is 2. The highest BCUT2D eigenvalue weighted by Crippen LogP contribution is 2.64. The van der Waals surface area contributed by atoms with Crippen molar-refractivity contribution in [1.29, 1.82) is 0 Å². The van der Waals surface area contributed by atoms with Crippen molar-refractivity contribution in [3.05, 3.63) is 71.8 Å². The number of benzene rings is 2. The number of rotatable bonds is 23. The van der Waals surface area contributed by atoms with Crippen LogP contribution in [0.4, 0.5) is 93.9 Å². The molecule has 0 radical (unpaired) electrons. The second-order valence-corrected chi connectivity index (χ2v) is 20.4. The van der Waals surface area contributed by atoms with Crippen molar-refractivity contribution in [2.45, 2.75) is 118 Å². The predicted octanol–water partition coefficient (Wildman–Crippen LogP) is 12.9. The van der Waals surface area contributed by atoms with Gasteiger partial charge in [-0.25, -0.2) is 19.1 Å². The van der Waals surface area contributed by atoms with Crippen LogP contribution in [0.2, 0.25) is 17.1 Å². The van der Waals surface area contributed by atoms with Crippen molar-refractivity contribution >= 4 is 26.0 Å². The molecule has 2 aromatic rings. The molecule has 0 fully saturated rings. The average Bonchev–Trinajstić information content (AvgIpc) is 3.19. The lowest BCUT2D eigenvalue weighted by molar-refractivity contribution is -0.461. The molecular weight excluding hydrogens is 969 g/mol. The second kappa shape index (κ2) is 20.8. The van der Waals surface area contributed by atoms with E-state index in [-0.39, 0.29) is 17.7 Å². The number of anilines is 1. The minimum atomic E-state index is -8.72. The first kappa shape index (κ1) is 57.7. The van der Waals surface area contributed by atoms with Crippen molar-refractivity contribution in [2.24, 2.45) is 5.92 Å². The summed E-state index contributed by atoms with van der Waals surface area (Å²) in [7, 11) is -4.06. The van der Waals surface area contributed by atoms with Crippen LogP contribution in [-0.4, -0.2) is 86.4 Å². The van der Waals surface area contributed by atoms with Crippen molar-refractivity contribution in [2.75, 3.05) is 18.5 Å². The fourth-order valence-electron chi connectivity index (χ4n) is 6.41. The Balaban J connectivity index is 2.30. The van der Waals surface area contributed by atoms with Gasteiger partial charge in [0.2, 0.25) is 0 Å². The van der Waals surface area contributed by atoms with E-state index in [1.807, 2.05) is 0 Å². The summed E-state index contributed by atoms with van der Waals surface area (Å²) in [4.78, 5) is 24.1. The minimum Gasteiger partial charge on any atom is -0.491 e. The lowest BCUT2D eigenvalue weighted by Crippen LogP contribution is -2.74. The van der Waals surface area contributed by atoms with E-state index in [1.54, 1.807) is 6.92 Å². The second-order valence-electron chi connectivity index (χ2n) is 15.3. The zero-order chi connectivity index (χ0) is 51.3. The Labute approximate surface area is 363 Å². The summed E-state index contributed by atoms with van der Waals surface area (Å²) in [5.74, 6) is -60.6. The summed E-state index contributed by atoms with van der Waals surface area (Å²) >= 11 is 0. The number of amides is 2. The van der Waals surface area contributed by atoms with Crippen LogP contribution < -0.4 is 15.5 Å². The molecule has 66 heavy (non-hydrogen) atoms. The van der Waals surface area contributed by atoms with Gasteiger partial charge in [-0.1, -0.05) is 52.8 Å². The minimum absolute atomic E-state index is 0.0252. The van der Waals surface area contributed by atoms with Gasteiger partial charge in [-0.15, -0.1) is 0 Å². The van der Waals surface area contributed by atoms with Crippen LogP contribution in [0.5, 0.6) is 5.75 Å². The molecule has 8 nitrogen and oxygen atoms in total. The van der Waals surface area contributed by atoms with E-state index in [4.69, 9.17) is 19.1 Å². The number of alkyl halides is 17. The molecule has 3 N–H and O–H groups in total. The summed E-state index contributed by atoms with van der Waals surface area (Å²) in [5, 5.41) is 10.8. The summed E-state index contributed by atoms with van der Waals surface area (Å²) in [5.41, 5.74) is -0.695. The predicted molar refractivity (Wildman–Crippen MR) is 196 cm³/mol. The summed E-state index contributed by atoms with van der Waals surface area (Å²) < 4.78 is 280. The van der Waals surface area contributed by atoms with Gasteiger partial charge in [0, 0.05) is 24.5 Å². The highest BCUT2D eigenvalue weighted by Gasteiger charge is 2.95. The monoisotopic (exact) mass is 1010 g/mol. The van der Waals surface area contributed by atoms with Crippen LogP contribution in [-0.2, 0) is 14.0 Å². The van der Waals surface area contributed by atoms with Crippen LogP contribution in [0.3, 0.4) is 0 Å². The maximum Gasteiger partial charge on any atom is 0.460 e. The molecule has 0 saturated heterocycles. The fraction of sp³-hybridized carbons (Fsp3) is 0.579. The molecule has 0 aliphatic heterocycles. The summed E-state index contributed by atoms with van der Waals surface area (Å²) in [6.45, 7) is 5.59. The lowest BCUT2D eigenvalue weighted by atomic mass is 9.88. The van der Waals surface area contributed by atoms with Gasteiger partial charge < -0.3 is 13.9 Å². The molecule has 0 aliphatic carbocycles. The molecule has 0 aromatic heterocycles. The number of ether oxygens (including phenoxy) is 2. The number of allylic oxidation sites excluding steroid dienone is 1. The van der Waals surface area contributed by atoms with Gasteiger partial charge in [0.25, 0.3) is 5.91 Å². The van der Waals surface area contributed by atoms with Gasteiger partial charge in [-0.3, -0.25) is 15.3 Å². The van der Waals surface area contributed by atoms with Crippen LogP contribution >= 0.6 is 0 Å². The van der Waals surface area contributed by atoms with E-state index in [0.717, 1.165) is 18.2 Å². The molecule has 376 valence electrons. The molecule has 0 aliphatic rings. The highest BCUT2D eigenvalue weighted by atomic mass is 28.4. The van der Waals surface area contributed by atoms with E-state index < -0.39 is 134 Å². The quantitative estimate of drug-likeness (QED) is 0.0256. The Bertz CT molecular complexity index is 1970. The normalized spacial score (nSPS) is 15.0. The zero-order valence-electron chi connectivity index (χ0n) is 34.7. The van der Waals surface area contributed by atoms with Gasteiger partial charge in [-0.2, -0.15) is 74.6 Å². The number of hydrogen-bond donors (Lipinski definition) is 3. The average molecular weight is 1010 g/mol. The van der Waals surface area contributed by atoms with E-state index in [0.29, 0.717) is 6.07 Å². The lowest BCUT2D eigenvalue weighted by Gasteiger charge is -2.44. The van der Waals surface area contributed by atoms with Crippen LogP contribution in [0.1, 0.15) is 59.1 Å². The Morgan fingerprint density at radius 1 is 0.697 bits per heavy atom. The molecule has 0 heterocycles. The number of hydroxylamine groups is 1. The molecule has 0 unspecified atom stereocenters. The molecule has 28 heteroatoms. The standard InChI is InChI=1S/C38H41F19N2O6Si/c1-20(2)66(21(3)4,18-15-31(41,42)32(43,44)33(45,46)34(47,48)35(49,50)36(51,52)37(53,54)38(55,56)57)64-17-16-63-25-12-9-23(10-13-25)29(22(5)7-6-8-28(60)59-62)65-30(61)58-27-14-11-24(39)19-26(27)40/h6,8-14,19-22,29,62H,7,15-18H2,1-5H3,(H,58,61)(H,59,60)/b8-6+/t22-,29-/m0/s1. The number of carbonyl (C=O) groups is 2. The summed E-state index contributed by atoms with van der Waals surface area (Å²) in [6.07, 6.45) is -10.5. The van der Waals surface area contributed by atoms with E-state index in [9.17, 15) is 93.0 Å². The Morgan fingerprint density at radius 3 is 1.67 bits per heavy atom. The molecule has 2 atom stereocenters. The number of hydrogen-bond acceptors (Lipinski definition) is 6. The van der Waals surface area contributed by atoms with E-state index >= 15 is 0 Å². The van der Waals surface area contributed by atoms with Gasteiger partial charge >= 0.3 is 53.7 Å². The van der Waals surface area contributed by atoms with E-state index in [2.05, 4.69) is 5.32 Å². The van der Waals surface area contributed by atoms with Crippen LogP contribution in [0.15, 0.2) is 54.6 Å². The first-order valence-electron chi connectivity index (χ1n) is 18.9. The van der Waals surface area contributed by atoms with Gasteiger partial charge in [0.1, 0.15) is 30.1 Å². The fourth-order valence-corrected chi connectivity index (χ4v) is 10.9.